The molecule has 3 rings (SSSR count). The molecule has 0 saturated carbocycles. The lowest BCUT2D eigenvalue weighted by molar-refractivity contribution is 0.105. The zero-order valence-electron chi connectivity index (χ0n) is 12.7. The topological polar surface area (TPSA) is 92.4 Å². The number of nitrogens with one attached hydrogen (secondary N) is 1. The first-order valence-electron chi connectivity index (χ1n) is 7.24. The maximum atomic E-state index is 9.37. The highest BCUT2D eigenvalue weighted by molar-refractivity contribution is 5.78. The molecule has 0 aliphatic heterocycles. The van der Waals surface area contributed by atoms with Crippen LogP contribution < -0.4 is 10.1 Å². The predicted octanol–water partition coefficient (Wildman–Crippen LogP) is 1.19. The van der Waals surface area contributed by atoms with Crippen LogP contribution in [0.1, 0.15) is 0 Å². The Hall–Kier alpha value is -2.64. The van der Waals surface area contributed by atoms with E-state index < -0.39 is 6.10 Å². The number of hydrogen-bond donors (Lipinski definition) is 3. The summed E-state index contributed by atoms with van der Waals surface area (Å²) in [5, 5.41) is 30.1. The Labute approximate surface area is 133 Å². The number of rotatable bonds is 6. The molecular weight excluding hydrogens is 296 g/mol. The van der Waals surface area contributed by atoms with Gasteiger partial charge >= 0.3 is 0 Å². The zero-order valence-corrected chi connectivity index (χ0v) is 12.7. The van der Waals surface area contributed by atoms with E-state index in [1.165, 1.54) is 0 Å². The molecule has 0 aliphatic rings. The molecule has 3 N–H and O–H groups in total. The number of nitrogens with zero attached hydrogens (tertiary/aromatic N) is 3. The van der Waals surface area contributed by atoms with Crippen molar-refractivity contribution in [2.45, 2.75) is 6.10 Å². The van der Waals surface area contributed by atoms with Crippen LogP contribution in [0.25, 0.3) is 16.7 Å². The van der Waals surface area contributed by atoms with Crippen molar-refractivity contribution in [3.63, 3.8) is 0 Å². The number of fused-ring (bicyclic) bond motifs is 1. The Kier molecular flexibility index (Phi) is 4.40. The second kappa shape index (κ2) is 6.64. The first-order chi connectivity index (χ1) is 11.2. The maximum Gasteiger partial charge on any atom is 0.119 e. The normalized spacial score (nSPS) is 12.3. The minimum atomic E-state index is -0.791. The van der Waals surface area contributed by atoms with Gasteiger partial charge in [-0.3, -0.25) is 0 Å². The molecule has 1 atom stereocenters. The number of methoxy groups -OCH3 is 1. The molecule has 7 nitrogen and oxygen atoms in total. The summed E-state index contributed by atoms with van der Waals surface area (Å²) < 4.78 is 5.14. The van der Waals surface area contributed by atoms with Crippen molar-refractivity contribution in [2.75, 3.05) is 25.6 Å². The maximum absolute atomic E-state index is 9.37. The van der Waals surface area contributed by atoms with Crippen LogP contribution >= 0.6 is 0 Å². The highest BCUT2D eigenvalue weighted by Crippen LogP contribution is 2.19. The second-order valence-corrected chi connectivity index (χ2v) is 5.11. The molecule has 120 valence electrons. The first kappa shape index (κ1) is 15.3. The van der Waals surface area contributed by atoms with Crippen molar-refractivity contribution in [1.29, 1.82) is 0 Å². The van der Waals surface area contributed by atoms with Gasteiger partial charge in [-0.1, -0.05) is 0 Å². The Bertz CT molecular complexity index is 786. The summed E-state index contributed by atoms with van der Waals surface area (Å²) in [5.74, 6) is 0.777. The van der Waals surface area contributed by atoms with E-state index in [1.807, 2.05) is 42.5 Å². The van der Waals surface area contributed by atoms with E-state index >= 15 is 0 Å². The Morgan fingerprint density at radius 2 is 1.87 bits per heavy atom. The number of aliphatic hydroxyl groups is 2. The van der Waals surface area contributed by atoms with Gasteiger partial charge in [0.25, 0.3) is 0 Å². The number of anilines is 1. The third kappa shape index (κ3) is 3.41. The van der Waals surface area contributed by atoms with Crippen LogP contribution in [0.5, 0.6) is 5.75 Å². The number of ether oxygens (including phenoxy) is 1. The fourth-order valence-corrected chi connectivity index (χ4v) is 2.16. The molecule has 3 aromatic rings. The Morgan fingerprint density at radius 3 is 2.57 bits per heavy atom. The summed E-state index contributed by atoms with van der Waals surface area (Å²) in [4.78, 5) is 1.57. The standard InChI is InChI=1S/C16H18N4O3/c1-23-14-5-3-12(4-6-14)20-18-15-7-2-11(8-16(15)19-20)17-9-13(22)10-21/h2-8,13,17,21-22H,9-10H2,1H3. The molecule has 23 heavy (non-hydrogen) atoms. The van der Waals surface area contributed by atoms with Gasteiger partial charge in [-0.15, -0.1) is 10.2 Å². The zero-order chi connectivity index (χ0) is 16.2. The van der Waals surface area contributed by atoms with Gasteiger partial charge in [-0.05, 0) is 42.5 Å². The van der Waals surface area contributed by atoms with Gasteiger partial charge in [0.2, 0.25) is 0 Å². The fraction of sp³-hybridized carbons (Fsp3) is 0.250. The van der Waals surface area contributed by atoms with Crippen LogP contribution in [-0.4, -0.2) is 51.6 Å². The quantitative estimate of drug-likeness (QED) is 0.633. The fourth-order valence-electron chi connectivity index (χ4n) is 2.16. The van der Waals surface area contributed by atoms with E-state index in [9.17, 15) is 5.11 Å². The van der Waals surface area contributed by atoms with Gasteiger partial charge in [-0.2, -0.15) is 4.80 Å². The monoisotopic (exact) mass is 314 g/mol. The SMILES string of the molecule is COc1ccc(-n2nc3ccc(NCC(O)CO)cc3n2)cc1. The van der Waals surface area contributed by atoms with Crippen molar-refractivity contribution >= 4 is 16.7 Å². The molecule has 1 unspecified atom stereocenters. The van der Waals surface area contributed by atoms with Gasteiger partial charge in [0.1, 0.15) is 16.8 Å². The van der Waals surface area contributed by atoms with Crippen molar-refractivity contribution in [3.05, 3.63) is 42.5 Å². The van der Waals surface area contributed by atoms with E-state index in [4.69, 9.17) is 9.84 Å². The van der Waals surface area contributed by atoms with Gasteiger partial charge in [0, 0.05) is 12.2 Å². The predicted molar refractivity (Wildman–Crippen MR) is 87.0 cm³/mol. The minimum absolute atomic E-state index is 0.272. The number of benzene rings is 2. The van der Waals surface area contributed by atoms with E-state index in [1.54, 1.807) is 11.9 Å². The number of hydrogen-bond acceptors (Lipinski definition) is 6. The highest BCUT2D eigenvalue weighted by Gasteiger charge is 2.07. The van der Waals surface area contributed by atoms with E-state index in [2.05, 4.69) is 15.5 Å². The molecule has 0 aliphatic carbocycles. The molecule has 0 fully saturated rings. The van der Waals surface area contributed by atoms with Crippen LogP contribution in [0, 0.1) is 0 Å². The molecular formula is C16H18N4O3. The van der Waals surface area contributed by atoms with E-state index in [0.29, 0.717) is 0 Å². The molecule has 0 saturated heterocycles. The Morgan fingerprint density at radius 1 is 1.13 bits per heavy atom. The average molecular weight is 314 g/mol. The largest absolute Gasteiger partial charge is 0.497 e. The molecule has 0 spiro atoms. The summed E-state index contributed by atoms with van der Waals surface area (Å²) in [5.41, 5.74) is 3.16. The summed E-state index contributed by atoms with van der Waals surface area (Å²) in [6, 6.07) is 13.0. The van der Waals surface area contributed by atoms with Gasteiger partial charge in [0.15, 0.2) is 0 Å². The van der Waals surface area contributed by atoms with Gasteiger partial charge in [-0.25, -0.2) is 0 Å². The summed E-state index contributed by atoms with van der Waals surface area (Å²) in [6.45, 7) is -0.00246. The molecule has 0 radical (unpaired) electrons. The van der Waals surface area contributed by atoms with Crippen LogP contribution in [-0.2, 0) is 0 Å². The minimum Gasteiger partial charge on any atom is -0.497 e. The third-order valence-corrected chi connectivity index (χ3v) is 3.44. The van der Waals surface area contributed by atoms with Crippen LogP contribution in [0.3, 0.4) is 0 Å². The van der Waals surface area contributed by atoms with Crippen molar-refractivity contribution in [1.82, 2.24) is 15.0 Å². The highest BCUT2D eigenvalue weighted by atomic mass is 16.5. The molecule has 1 heterocycles. The Balaban J connectivity index is 1.83. The number of aliphatic hydroxyl groups excluding tert-OH is 2. The van der Waals surface area contributed by atoms with Gasteiger partial charge in [0.05, 0.1) is 25.5 Å². The van der Waals surface area contributed by atoms with Crippen LogP contribution in [0.4, 0.5) is 5.69 Å². The molecule has 0 bridgehead atoms. The smallest absolute Gasteiger partial charge is 0.119 e. The lowest BCUT2D eigenvalue weighted by Gasteiger charge is -2.09. The molecule has 2 aromatic carbocycles. The molecule has 0 amide bonds. The van der Waals surface area contributed by atoms with E-state index in [-0.39, 0.29) is 13.2 Å². The molecule has 1 aromatic heterocycles. The first-order valence-corrected chi connectivity index (χ1v) is 7.24. The summed E-state index contributed by atoms with van der Waals surface area (Å²) >= 11 is 0. The average Bonchev–Trinajstić information content (AvgIpc) is 3.03. The van der Waals surface area contributed by atoms with Crippen molar-refractivity contribution < 1.29 is 14.9 Å². The van der Waals surface area contributed by atoms with E-state index in [0.717, 1.165) is 28.2 Å². The van der Waals surface area contributed by atoms with Crippen molar-refractivity contribution in [3.8, 4) is 11.4 Å². The summed E-state index contributed by atoms with van der Waals surface area (Å²) in [7, 11) is 1.62. The van der Waals surface area contributed by atoms with Crippen LogP contribution in [0.15, 0.2) is 42.5 Å². The van der Waals surface area contributed by atoms with Gasteiger partial charge < -0.3 is 20.3 Å². The second-order valence-electron chi connectivity index (χ2n) is 5.11. The lowest BCUT2D eigenvalue weighted by Crippen LogP contribution is -2.22. The van der Waals surface area contributed by atoms with Crippen LogP contribution in [0.2, 0.25) is 0 Å². The summed E-state index contributed by atoms with van der Waals surface area (Å²) in [6.07, 6.45) is -0.791. The molecule has 7 heteroatoms. The third-order valence-electron chi connectivity index (χ3n) is 3.44. The van der Waals surface area contributed by atoms with Crippen molar-refractivity contribution in [2.24, 2.45) is 0 Å². The number of aromatic nitrogens is 3. The lowest BCUT2D eigenvalue weighted by atomic mass is 10.2.